The van der Waals surface area contributed by atoms with Gasteiger partial charge in [-0.3, -0.25) is 4.52 Å². The van der Waals surface area contributed by atoms with Gasteiger partial charge in [-0.1, -0.05) is 0 Å². The first-order chi connectivity index (χ1) is 11.9. The third-order valence-corrected chi connectivity index (χ3v) is 8.42. The van der Waals surface area contributed by atoms with Crippen molar-refractivity contribution >= 4 is 42.0 Å². The largest absolute Gasteiger partial charge is 0.479 e. The van der Waals surface area contributed by atoms with Crippen LogP contribution in [0.3, 0.4) is 0 Å². The van der Waals surface area contributed by atoms with Gasteiger partial charge in [-0.2, -0.15) is 0 Å². The highest BCUT2D eigenvalue weighted by molar-refractivity contribution is 8.09. The van der Waals surface area contributed by atoms with Crippen molar-refractivity contribution in [3.05, 3.63) is 0 Å². The van der Waals surface area contributed by atoms with Gasteiger partial charge in [0.2, 0.25) is 0 Å². The number of ether oxygens (including phenoxy) is 3. The van der Waals surface area contributed by atoms with E-state index in [0.29, 0.717) is 13.0 Å². The summed E-state index contributed by atoms with van der Waals surface area (Å²) >= 11 is 4.27. The van der Waals surface area contributed by atoms with Crippen molar-refractivity contribution in [3.63, 3.8) is 0 Å². The van der Waals surface area contributed by atoms with Crippen molar-refractivity contribution < 1.29 is 56.1 Å². The first-order valence-corrected chi connectivity index (χ1v) is 13.2. The summed E-state index contributed by atoms with van der Waals surface area (Å²) in [6.07, 6.45) is 0.579. The van der Waals surface area contributed by atoms with E-state index >= 15 is 0 Å². The Bertz CT molecular complexity index is 623. The molecule has 2 heterocycles. The van der Waals surface area contributed by atoms with Crippen LogP contribution in [0.5, 0.6) is 0 Å². The zero-order chi connectivity index (χ0) is 19.6. The summed E-state index contributed by atoms with van der Waals surface area (Å²) in [5, 5.41) is 0. The van der Waals surface area contributed by atoms with Crippen LogP contribution in [0.25, 0.3) is 0 Å². The van der Waals surface area contributed by atoms with Gasteiger partial charge in [0.25, 0.3) is 0 Å². The van der Waals surface area contributed by atoms with Crippen molar-refractivity contribution in [3.8, 4) is 0 Å². The Kier molecular flexibility index (Phi) is 8.04. The summed E-state index contributed by atoms with van der Waals surface area (Å²) in [5.41, 5.74) is 0. The Morgan fingerprint density at radius 1 is 1.19 bits per heavy atom. The van der Waals surface area contributed by atoms with E-state index < -0.39 is 41.2 Å². The number of hydrogen-bond acceptors (Lipinski definition) is 9. The van der Waals surface area contributed by atoms with E-state index in [0.717, 1.165) is 12.8 Å². The Labute approximate surface area is 155 Å². The van der Waals surface area contributed by atoms with Crippen molar-refractivity contribution in [2.45, 2.75) is 43.8 Å². The average molecular weight is 456 g/mol. The molecule has 2 aliphatic rings. The maximum absolute atomic E-state index is 11.9. The standard InChI is InChI=1S/C9H20BO12P3S/c10-8-4-6(20-9-2-1-3-17-9)7(19-8)5-18-24(14,15)22-25(16,26)21-23(11,12)13/h6-9H,1-5,10H2,(H,14,15)(H,16,26)(H2,11,12,13). The maximum Gasteiger partial charge on any atom is 0.479 e. The molecule has 0 spiro atoms. The lowest BCUT2D eigenvalue weighted by atomic mass is 9.96. The van der Waals surface area contributed by atoms with Gasteiger partial charge in [0.05, 0.1) is 12.7 Å². The Hall–Kier alpha value is 0.775. The van der Waals surface area contributed by atoms with Gasteiger partial charge < -0.3 is 33.8 Å². The Morgan fingerprint density at radius 3 is 2.46 bits per heavy atom. The number of rotatable bonds is 9. The zero-order valence-corrected chi connectivity index (χ0v) is 17.1. The van der Waals surface area contributed by atoms with Crippen molar-refractivity contribution in [1.82, 2.24) is 0 Å². The van der Waals surface area contributed by atoms with Crippen LogP contribution >= 0.6 is 22.4 Å². The summed E-state index contributed by atoms with van der Waals surface area (Å²) in [4.78, 5) is 36.3. The highest BCUT2D eigenvalue weighted by Gasteiger charge is 2.41. The van der Waals surface area contributed by atoms with E-state index in [1.807, 2.05) is 0 Å². The second-order valence-electron chi connectivity index (χ2n) is 5.72. The Balaban J connectivity index is 1.89. The summed E-state index contributed by atoms with van der Waals surface area (Å²) in [6.45, 7) is -4.56. The molecule has 0 amide bonds. The molecular weight excluding hydrogens is 436 g/mol. The lowest BCUT2D eigenvalue weighted by Crippen LogP contribution is -2.32. The molecule has 26 heavy (non-hydrogen) atoms. The topological polar surface area (TPSA) is 170 Å². The highest BCUT2D eigenvalue weighted by atomic mass is 32.5. The molecule has 0 aromatic carbocycles. The smallest absolute Gasteiger partial charge is 0.379 e. The molecule has 2 aliphatic heterocycles. The van der Waals surface area contributed by atoms with Crippen molar-refractivity contribution in [1.29, 1.82) is 0 Å². The van der Waals surface area contributed by atoms with Gasteiger partial charge in [-0.05, 0) is 24.6 Å². The van der Waals surface area contributed by atoms with E-state index in [1.54, 1.807) is 7.85 Å². The first kappa shape index (κ1) is 23.1. The third kappa shape index (κ3) is 8.02. The molecule has 0 bridgehead atoms. The molecular formula is C9H20BO12P3S. The lowest BCUT2D eigenvalue weighted by Gasteiger charge is -2.24. The predicted molar refractivity (Wildman–Crippen MR) is 92.2 cm³/mol. The number of hydrogen-bond donors (Lipinski definition) is 4. The minimum atomic E-state index is -5.22. The lowest BCUT2D eigenvalue weighted by molar-refractivity contribution is -0.160. The molecule has 2 fully saturated rings. The van der Waals surface area contributed by atoms with Gasteiger partial charge in [0.1, 0.15) is 14.0 Å². The second-order valence-corrected chi connectivity index (χ2v) is 11.5. The molecule has 17 heteroatoms. The summed E-state index contributed by atoms with van der Waals surface area (Å²) in [6, 6.07) is -0.185. The molecule has 2 saturated heterocycles. The van der Waals surface area contributed by atoms with Crippen LogP contribution in [-0.4, -0.2) is 65.1 Å². The van der Waals surface area contributed by atoms with Crippen molar-refractivity contribution in [2.24, 2.45) is 0 Å². The van der Waals surface area contributed by atoms with Crippen LogP contribution in [-0.2, 0) is 48.3 Å². The van der Waals surface area contributed by atoms with E-state index in [4.69, 9.17) is 28.5 Å². The molecule has 2 rings (SSSR count). The fourth-order valence-corrected chi connectivity index (χ4v) is 7.10. The highest BCUT2D eigenvalue weighted by Crippen LogP contribution is 2.66. The molecule has 0 saturated carbocycles. The predicted octanol–water partition coefficient (Wildman–Crippen LogP) is -0.284. The second kappa shape index (κ2) is 9.07. The van der Waals surface area contributed by atoms with Gasteiger partial charge in [0, 0.05) is 19.0 Å². The normalized spacial score (nSPS) is 34.5. The fraction of sp³-hybridized carbons (Fsp3) is 1.00. The molecule has 0 aliphatic carbocycles. The molecule has 0 radical (unpaired) electrons. The molecule has 0 aromatic heterocycles. The summed E-state index contributed by atoms with van der Waals surface area (Å²) in [5.74, 6) is 0. The molecule has 6 atom stereocenters. The summed E-state index contributed by atoms with van der Waals surface area (Å²) < 4.78 is 51.9. The number of phosphoric ester groups is 1. The van der Waals surface area contributed by atoms with Crippen LogP contribution < -0.4 is 0 Å². The van der Waals surface area contributed by atoms with Gasteiger partial charge in [0.15, 0.2) is 6.29 Å². The SMILES string of the molecule is BC1CC(OC2CCCO2)C(COP(=O)(O)OP(O)(=S)OP(=O)(O)O)O1. The summed E-state index contributed by atoms with van der Waals surface area (Å²) in [7, 11) is -8.40. The maximum atomic E-state index is 11.9. The molecule has 12 nitrogen and oxygen atoms in total. The van der Waals surface area contributed by atoms with Gasteiger partial charge in [-0.25, -0.2) is 17.8 Å². The van der Waals surface area contributed by atoms with Gasteiger partial charge in [-0.15, -0.1) is 0 Å². The van der Waals surface area contributed by atoms with Crippen LogP contribution in [0, 0.1) is 0 Å². The average Bonchev–Trinajstić information content (AvgIpc) is 3.02. The zero-order valence-electron chi connectivity index (χ0n) is 13.6. The van der Waals surface area contributed by atoms with Gasteiger partial charge >= 0.3 is 22.4 Å². The van der Waals surface area contributed by atoms with Crippen LogP contribution in [0.1, 0.15) is 19.3 Å². The van der Waals surface area contributed by atoms with Crippen LogP contribution in [0.2, 0.25) is 0 Å². The number of phosphoric acid groups is 2. The minimum absolute atomic E-state index is 0.185. The van der Waals surface area contributed by atoms with E-state index in [9.17, 15) is 18.9 Å². The van der Waals surface area contributed by atoms with Crippen molar-refractivity contribution in [2.75, 3.05) is 13.2 Å². The third-order valence-electron chi connectivity index (χ3n) is 3.42. The van der Waals surface area contributed by atoms with E-state index in [2.05, 4.69) is 20.4 Å². The minimum Gasteiger partial charge on any atom is -0.379 e. The molecule has 4 N–H and O–H groups in total. The quantitative estimate of drug-likeness (QED) is 0.264. The molecule has 152 valence electrons. The van der Waals surface area contributed by atoms with Crippen LogP contribution in [0.15, 0.2) is 0 Å². The molecule has 6 unspecified atom stereocenters. The Morgan fingerprint density at radius 2 is 1.88 bits per heavy atom. The molecule has 0 aromatic rings. The van der Waals surface area contributed by atoms with Crippen LogP contribution in [0.4, 0.5) is 0 Å². The van der Waals surface area contributed by atoms with E-state index in [-0.39, 0.29) is 12.3 Å². The monoisotopic (exact) mass is 456 g/mol. The fourth-order valence-electron chi connectivity index (χ4n) is 2.53. The first-order valence-electron chi connectivity index (χ1n) is 7.56. The van der Waals surface area contributed by atoms with E-state index in [1.165, 1.54) is 0 Å².